The molecule has 0 amide bonds. The van der Waals surface area contributed by atoms with Crippen molar-refractivity contribution in [2.24, 2.45) is 5.92 Å². The summed E-state index contributed by atoms with van der Waals surface area (Å²) in [5, 5.41) is 6.07. The number of benzene rings is 2. The number of carbonyl (C=O) groups is 3. The van der Waals surface area contributed by atoms with Crippen molar-refractivity contribution in [2.75, 3.05) is 37.2 Å². The van der Waals surface area contributed by atoms with Crippen LogP contribution in [0.3, 0.4) is 0 Å². The van der Waals surface area contributed by atoms with Gasteiger partial charge in [-0.3, -0.25) is 0 Å². The van der Waals surface area contributed by atoms with E-state index < -0.39 is 17.9 Å². The molecule has 0 aliphatic heterocycles. The van der Waals surface area contributed by atoms with Crippen molar-refractivity contribution in [3.05, 3.63) is 65.5 Å². The van der Waals surface area contributed by atoms with Gasteiger partial charge in [-0.1, -0.05) is 13.8 Å². The van der Waals surface area contributed by atoms with E-state index in [0.29, 0.717) is 29.4 Å². The molecule has 3 aromatic rings. The van der Waals surface area contributed by atoms with Crippen LogP contribution in [0.15, 0.2) is 48.8 Å². The van der Waals surface area contributed by atoms with Gasteiger partial charge in [-0.25, -0.2) is 24.4 Å². The first-order chi connectivity index (χ1) is 17.2. The lowest BCUT2D eigenvalue weighted by Gasteiger charge is -2.14. The number of esters is 3. The zero-order chi connectivity index (χ0) is 26.2. The maximum Gasteiger partial charge on any atom is 0.338 e. The molecular formula is C25H27N5O6. The summed E-state index contributed by atoms with van der Waals surface area (Å²) in [5.74, 6) is -0.868. The van der Waals surface area contributed by atoms with Gasteiger partial charge in [-0.05, 0) is 48.4 Å². The topological polar surface area (TPSA) is 155 Å². The monoisotopic (exact) mass is 493 g/mol. The maximum absolute atomic E-state index is 12.1. The number of aromatic nitrogens is 2. The molecule has 0 aliphatic rings. The van der Waals surface area contributed by atoms with Crippen LogP contribution in [-0.2, 0) is 14.2 Å². The van der Waals surface area contributed by atoms with Gasteiger partial charge in [0, 0.05) is 11.4 Å². The highest BCUT2D eigenvalue weighted by molar-refractivity contribution is 5.97. The molecule has 1 aromatic heterocycles. The minimum Gasteiger partial charge on any atom is -0.465 e. The summed E-state index contributed by atoms with van der Waals surface area (Å²) in [6, 6.07) is 11.0. The third kappa shape index (κ3) is 6.47. The molecule has 0 fully saturated rings. The van der Waals surface area contributed by atoms with E-state index in [1.54, 1.807) is 24.3 Å². The molecule has 0 saturated carbocycles. The van der Waals surface area contributed by atoms with Gasteiger partial charge >= 0.3 is 17.9 Å². The van der Waals surface area contributed by atoms with Gasteiger partial charge in [0.15, 0.2) is 11.6 Å². The number of ether oxygens (including phenoxy) is 3. The Kier molecular flexibility index (Phi) is 8.39. The lowest BCUT2D eigenvalue weighted by Crippen LogP contribution is -2.10. The number of nitrogen functional groups attached to an aromatic ring is 1. The summed E-state index contributed by atoms with van der Waals surface area (Å²) in [6.45, 7) is 4.27. The Hall–Kier alpha value is -4.67. The molecule has 188 valence electrons. The summed E-state index contributed by atoms with van der Waals surface area (Å²) in [4.78, 5) is 44.5. The van der Waals surface area contributed by atoms with Gasteiger partial charge < -0.3 is 30.6 Å². The fraction of sp³-hybridized carbons (Fsp3) is 0.240. The van der Waals surface area contributed by atoms with Crippen molar-refractivity contribution in [1.29, 1.82) is 0 Å². The minimum atomic E-state index is -0.627. The number of nitrogens with zero attached hydrogens (tertiary/aromatic N) is 2. The highest BCUT2D eigenvalue weighted by atomic mass is 16.5. The summed E-state index contributed by atoms with van der Waals surface area (Å²) in [7, 11) is 2.48. The van der Waals surface area contributed by atoms with Crippen LogP contribution in [0.25, 0.3) is 0 Å². The van der Waals surface area contributed by atoms with Gasteiger partial charge in [0.05, 0.1) is 37.5 Å². The van der Waals surface area contributed by atoms with Gasteiger partial charge in [0.1, 0.15) is 12.0 Å². The van der Waals surface area contributed by atoms with Crippen molar-refractivity contribution in [3.63, 3.8) is 0 Å². The molecule has 0 spiro atoms. The molecule has 36 heavy (non-hydrogen) atoms. The number of nitrogens with two attached hydrogens (primary N) is 1. The Labute approximate surface area is 208 Å². The molecule has 0 unspecified atom stereocenters. The van der Waals surface area contributed by atoms with Crippen LogP contribution in [0.1, 0.15) is 44.9 Å². The van der Waals surface area contributed by atoms with E-state index in [0.717, 1.165) is 0 Å². The third-order valence-electron chi connectivity index (χ3n) is 4.85. The predicted octanol–water partition coefficient (Wildman–Crippen LogP) is 3.93. The van der Waals surface area contributed by atoms with E-state index in [4.69, 9.17) is 19.9 Å². The highest BCUT2D eigenvalue weighted by Gasteiger charge is 2.16. The first-order valence-electron chi connectivity index (χ1n) is 10.9. The van der Waals surface area contributed by atoms with Gasteiger partial charge in [-0.15, -0.1) is 0 Å². The van der Waals surface area contributed by atoms with Crippen molar-refractivity contribution in [1.82, 2.24) is 9.97 Å². The van der Waals surface area contributed by atoms with Crippen LogP contribution < -0.4 is 16.4 Å². The summed E-state index contributed by atoms with van der Waals surface area (Å²) in [6.07, 6.45) is 1.30. The molecule has 0 atom stereocenters. The van der Waals surface area contributed by atoms with E-state index in [2.05, 4.69) is 20.6 Å². The predicted molar refractivity (Wildman–Crippen MR) is 134 cm³/mol. The Balaban J connectivity index is 1.81. The molecule has 11 nitrogen and oxygen atoms in total. The fourth-order valence-electron chi connectivity index (χ4n) is 3.05. The number of nitrogens with one attached hydrogen (secondary N) is 2. The Morgan fingerprint density at radius 2 is 1.33 bits per heavy atom. The van der Waals surface area contributed by atoms with E-state index in [1.165, 1.54) is 38.7 Å². The number of hydrogen-bond donors (Lipinski definition) is 3. The number of methoxy groups -OCH3 is 2. The molecule has 11 heteroatoms. The summed E-state index contributed by atoms with van der Waals surface area (Å²) >= 11 is 0. The van der Waals surface area contributed by atoms with Crippen molar-refractivity contribution >= 4 is 46.6 Å². The minimum absolute atomic E-state index is 0.140. The molecule has 0 radical (unpaired) electrons. The number of hydrogen-bond acceptors (Lipinski definition) is 11. The van der Waals surface area contributed by atoms with Crippen LogP contribution in [0.4, 0.5) is 28.7 Å². The van der Waals surface area contributed by atoms with Crippen LogP contribution in [-0.4, -0.2) is 48.7 Å². The Bertz CT molecular complexity index is 1230. The SMILES string of the molecule is COC(=O)c1cc(Nc2ncnc(Nc3ccc(C(=O)OCC(C)C)cc3)c2N)cc(C(=O)OC)c1. The van der Waals surface area contributed by atoms with Crippen LogP contribution in [0, 0.1) is 5.92 Å². The maximum atomic E-state index is 12.1. The number of carbonyl (C=O) groups excluding carboxylic acids is 3. The van der Waals surface area contributed by atoms with E-state index in [-0.39, 0.29) is 28.6 Å². The molecule has 0 aliphatic carbocycles. The van der Waals surface area contributed by atoms with Crippen LogP contribution in [0.5, 0.6) is 0 Å². The quantitative estimate of drug-likeness (QED) is 0.293. The second kappa shape index (κ2) is 11.6. The van der Waals surface area contributed by atoms with Gasteiger partial charge in [0.25, 0.3) is 0 Å². The lowest BCUT2D eigenvalue weighted by atomic mass is 10.1. The molecule has 0 bridgehead atoms. The van der Waals surface area contributed by atoms with Crippen molar-refractivity contribution < 1.29 is 28.6 Å². The van der Waals surface area contributed by atoms with Crippen molar-refractivity contribution in [3.8, 4) is 0 Å². The molecular weight excluding hydrogens is 466 g/mol. The average molecular weight is 494 g/mol. The third-order valence-corrected chi connectivity index (χ3v) is 4.85. The highest BCUT2D eigenvalue weighted by Crippen LogP contribution is 2.29. The lowest BCUT2D eigenvalue weighted by molar-refractivity contribution is 0.0458. The molecule has 1 heterocycles. The second-order valence-corrected chi connectivity index (χ2v) is 8.09. The van der Waals surface area contributed by atoms with E-state index in [9.17, 15) is 14.4 Å². The molecule has 3 rings (SSSR count). The fourth-order valence-corrected chi connectivity index (χ4v) is 3.05. The normalized spacial score (nSPS) is 10.5. The Morgan fingerprint density at radius 3 is 1.83 bits per heavy atom. The zero-order valence-corrected chi connectivity index (χ0v) is 20.3. The summed E-state index contributed by atoms with van der Waals surface area (Å²) < 4.78 is 14.7. The molecule has 4 N–H and O–H groups in total. The number of rotatable bonds is 9. The van der Waals surface area contributed by atoms with Crippen LogP contribution in [0.2, 0.25) is 0 Å². The Morgan fingerprint density at radius 1 is 0.806 bits per heavy atom. The van der Waals surface area contributed by atoms with Gasteiger partial charge in [-0.2, -0.15) is 0 Å². The van der Waals surface area contributed by atoms with Gasteiger partial charge in [0.2, 0.25) is 0 Å². The molecule has 2 aromatic carbocycles. The number of anilines is 5. The second-order valence-electron chi connectivity index (χ2n) is 8.09. The van der Waals surface area contributed by atoms with Crippen molar-refractivity contribution in [2.45, 2.75) is 13.8 Å². The summed E-state index contributed by atoms with van der Waals surface area (Å²) in [5.41, 5.74) is 8.14. The first-order valence-corrected chi connectivity index (χ1v) is 10.9. The van der Waals surface area contributed by atoms with Crippen LogP contribution >= 0.6 is 0 Å². The largest absolute Gasteiger partial charge is 0.465 e. The standard InChI is InChI=1S/C25H27N5O6/c1-14(2)12-36-25(33)15-5-7-18(8-6-15)29-21-20(26)22(28-13-27-21)30-19-10-16(23(31)34-3)9-17(11-19)24(32)35-4/h5-11,13-14H,12,26H2,1-4H3,(H2,27,28,29,30). The van der Waals surface area contributed by atoms with E-state index >= 15 is 0 Å². The first kappa shape index (κ1) is 25.9. The zero-order valence-electron chi connectivity index (χ0n) is 20.3. The molecule has 0 saturated heterocycles. The smallest absolute Gasteiger partial charge is 0.338 e. The van der Waals surface area contributed by atoms with E-state index in [1.807, 2.05) is 13.8 Å². The average Bonchev–Trinajstić information content (AvgIpc) is 2.88.